The Balaban J connectivity index is 2.50. The van der Waals surface area contributed by atoms with Gasteiger partial charge in [-0.2, -0.15) is 57.1 Å². The molecule has 2 amide bonds. The average molecular weight is 612 g/mol. The van der Waals surface area contributed by atoms with Crippen molar-refractivity contribution in [2.45, 2.75) is 82.2 Å². The van der Waals surface area contributed by atoms with Crippen LogP contribution in [-0.2, 0) is 17.6 Å². The summed E-state index contributed by atoms with van der Waals surface area (Å²) >= 11 is 0.381. The Bertz CT molecular complexity index is 1130. The number of thiophene rings is 1. The molecule has 1 aliphatic rings. The van der Waals surface area contributed by atoms with Gasteiger partial charge in [-0.05, 0) is 36.2 Å². The predicted molar refractivity (Wildman–Crippen MR) is 112 cm³/mol. The Morgan fingerprint density at radius 1 is 0.872 bits per heavy atom. The van der Waals surface area contributed by atoms with Crippen LogP contribution in [0.15, 0.2) is 0 Å². The van der Waals surface area contributed by atoms with Gasteiger partial charge in [0, 0.05) is 4.88 Å². The second kappa shape index (κ2) is 9.68. The second-order valence-corrected chi connectivity index (χ2v) is 10.8. The third-order valence-corrected chi connectivity index (χ3v) is 8.14. The number of amides is 2. The molecule has 0 aliphatic heterocycles. The van der Waals surface area contributed by atoms with Crippen LogP contribution in [0.3, 0.4) is 0 Å². The van der Waals surface area contributed by atoms with Crippen LogP contribution in [0.4, 0.5) is 62.1 Å². The summed E-state index contributed by atoms with van der Waals surface area (Å²) in [6.45, 7) is 5.67. The van der Waals surface area contributed by atoms with Gasteiger partial charge in [0.25, 0.3) is 5.91 Å². The summed E-state index contributed by atoms with van der Waals surface area (Å²) in [7, 11) is 0. The molecule has 4 nitrogen and oxygen atoms in total. The Hall–Kier alpha value is -2.27. The van der Waals surface area contributed by atoms with Gasteiger partial charge in [0.1, 0.15) is 5.00 Å². The van der Waals surface area contributed by atoms with E-state index < -0.39 is 58.2 Å². The van der Waals surface area contributed by atoms with Crippen molar-refractivity contribution in [2.24, 2.45) is 17.1 Å². The lowest BCUT2D eigenvalue weighted by Crippen LogP contribution is -2.71. The van der Waals surface area contributed by atoms with E-state index in [0.29, 0.717) is 24.2 Å². The van der Waals surface area contributed by atoms with Crippen LogP contribution in [0.5, 0.6) is 0 Å². The number of carbonyl (C=O) groups is 2. The van der Waals surface area contributed by atoms with Crippen LogP contribution < -0.4 is 11.1 Å². The lowest BCUT2D eigenvalue weighted by atomic mass is 9.69. The molecule has 3 N–H and O–H groups in total. The Kier molecular flexibility index (Phi) is 8.17. The molecule has 0 saturated carbocycles. The smallest absolute Gasteiger partial charge is 0.365 e. The Morgan fingerprint density at radius 3 is 1.79 bits per heavy atom. The first kappa shape index (κ1) is 32.9. The molecule has 0 bridgehead atoms. The monoisotopic (exact) mass is 612 g/mol. The molecule has 18 heteroatoms. The number of hydrogen-bond donors (Lipinski definition) is 2. The van der Waals surface area contributed by atoms with Gasteiger partial charge in [0.05, 0.1) is 5.56 Å². The van der Waals surface area contributed by atoms with Crippen LogP contribution in [0, 0.1) is 11.3 Å². The summed E-state index contributed by atoms with van der Waals surface area (Å²) in [6.07, 6.45) is -6.17. The maximum Gasteiger partial charge on any atom is 0.460 e. The first-order valence-corrected chi connectivity index (χ1v) is 11.8. The molecule has 1 unspecified atom stereocenters. The molecule has 0 aromatic carbocycles. The molecule has 0 saturated heterocycles. The zero-order valence-corrected chi connectivity index (χ0v) is 20.9. The minimum Gasteiger partial charge on any atom is -0.365 e. The molecule has 0 spiro atoms. The van der Waals surface area contributed by atoms with Crippen LogP contribution in [0.2, 0.25) is 0 Å². The zero-order chi connectivity index (χ0) is 30.8. The number of nitrogens with one attached hydrogen (secondary N) is 1. The van der Waals surface area contributed by atoms with Crippen LogP contribution >= 0.6 is 11.3 Å². The number of rotatable bonds is 9. The fourth-order valence-electron chi connectivity index (χ4n) is 3.98. The van der Waals surface area contributed by atoms with E-state index in [0.717, 1.165) is 5.32 Å². The third kappa shape index (κ3) is 4.94. The fraction of sp³-hybridized carbons (Fsp3) is 0.714. The van der Waals surface area contributed by atoms with Crippen molar-refractivity contribution in [3.05, 3.63) is 16.0 Å². The standard InChI is InChI=1S/C21H21F13N2O2S/c1-4-15(2,3)8-5-6-9-10(7-8)39-13(11(9)12(35)37)36-14(38)16(22,23)17(24,25)18(26,27)19(28,29)20(30,31)21(32,33)34/h8H,4-7H2,1-3H3,(H2,35,37)(H,36,38). The van der Waals surface area contributed by atoms with E-state index in [1.54, 1.807) is 0 Å². The number of nitrogens with two attached hydrogens (primary N) is 1. The minimum atomic E-state index is -8.13. The number of alkyl halides is 13. The molecule has 224 valence electrons. The highest BCUT2D eigenvalue weighted by molar-refractivity contribution is 7.17. The number of carbonyl (C=O) groups excluding carboxylic acids is 2. The average Bonchev–Trinajstić information content (AvgIpc) is 3.14. The number of halogens is 13. The Labute approximate surface area is 216 Å². The topological polar surface area (TPSA) is 72.2 Å². The van der Waals surface area contributed by atoms with Gasteiger partial charge in [-0.1, -0.05) is 27.2 Å². The fourth-order valence-corrected chi connectivity index (χ4v) is 5.31. The number of fused-ring (bicyclic) bond motifs is 1. The van der Waals surface area contributed by atoms with Gasteiger partial charge < -0.3 is 11.1 Å². The molecule has 2 rings (SSSR count). The van der Waals surface area contributed by atoms with E-state index >= 15 is 0 Å². The summed E-state index contributed by atoms with van der Waals surface area (Å²) in [5.74, 6) is -43.8. The highest BCUT2D eigenvalue weighted by Gasteiger charge is 2.91. The maximum absolute atomic E-state index is 14.3. The molecule has 39 heavy (non-hydrogen) atoms. The number of hydrogen-bond acceptors (Lipinski definition) is 3. The van der Waals surface area contributed by atoms with Gasteiger partial charge in [-0.15, -0.1) is 11.3 Å². The molecular formula is C21H21F13N2O2S. The molecule has 1 aromatic rings. The molecule has 0 fully saturated rings. The van der Waals surface area contributed by atoms with E-state index in [1.807, 2.05) is 20.8 Å². The predicted octanol–water partition coefficient (Wildman–Crippen LogP) is 7.07. The molecule has 1 atom stereocenters. The van der Waals surface area contributed by atoms with Gasteiger partial charge in [-0.3, -0.25) is 9.59 Å². The molecule has 1 aliphatic carbocycles. The van der Waals surface area contributed by atoms with Crippen molar-refractivity contribution in [1.82, 2.24) is 0 Å². The van der Waals surface area contributed by atoms with Crippen LogP contribution in [-0.4, -0.2) is 47.6 Å². The first-order chi connectivity index (χ1) is 17.2. The Morgan fingerprint density at radius 2 is 1.36 bits per heavy atom. The van der Waals surface area contributed by atoms with Crippen molar-refractivity contribution in [2.75, 3.05) is 5.32 Å². The minimum absolute atomic E-state index is 0.0556. The highest BCUT2D eigenvalue weighted by atomic mass is 32.1. The van der Waals surface area contributed by atoms with Crippen molar-refractivity contribution in [3.8, 4) is 0 Å². The van der Waals surface area contributed by atoms with Crippen molar-refractivity contribution >= 4 is 28.2 Å². The molecular weight excluding hydrogens is 591 g/mol. The maximum atomic E-state index is 14.3. The van der Waals surface area contributed by atoms with Crippen molar-refractivity contribution in [3.63, 3.8) is 0 Å². The zero-order valence-electron chi connectivity index (χ0n) is 20.1. The van der Waals surface area contributed by atoms with Gasteiger partial charge in [-0.25, -0.2) is 0 Å². The van der Waals surface area contributed by atoms with E-state index in [2.05, 4.69) is 0 Å². The third-order valence-electron chi connectivity index (χ3n) is 6.97. The van der Waals surface area contributed by atoms with Crippen LogP contribution in [0.25, 0.3) is 0 Å². The van der Waals surface area contributed by atoms with Crippen LogP contribution in [0.1, 0.15) is 54.4 Å². The second-order valence-electron chi connectivity index (χ2n) is 9.68. The summed E-state index contributed by atoms with van der Waals surface area (Å²) in [4.78, 5) is 24.2. The van der Waals surface area contributed by atoms with Gasteiger partial charge in [0.2, 0.25) is 0 Å². The summed E-state index contributed by atoms with van der Waals surface area (Å²) in [6, 6.07) is 0. The lowest BCUT2D eigenvalue weighted by Gasteiger charge is -2.39. The van der Waals surface area contributed by atoms with Gasteiger partial charge >= 0.3 is 41.7 Å². The van der Waals surface area contributed by atoms with E-state index in [-0.39, 0.29) is 34.6 Å². The number of anilines is 1. The molecule has 1 heterocycles. The SMILES string of the molecule is CCC(C)(C)C1CCc2c(sc(NC(=O)C(F)(F)C(F)(F)C(F)(F)C(F)(F)C(F)(F)C(F)(F)F)c2C(N)=O)C1. The van der Waals surface area contributed by atoms with E-state index in [9.17, 15) is 66.7 Å². The van der Waals surface area contributed by atoms with Crippen molar-refractivity contribution in [1.29, 1.82) is 0 Å². The molecule has 1 aromatic heterocycles. The number of primary amides is 1. The quantitative estimate of drug-likeness (QED) is 0.293. The first-order valence-electron chi connectivity index (χ1n) is 10.9. The largest absolute Gasteiger partial charge is 0.460 e. The van der Waals surface area contributed by atoms with E-state index in [4.69, 9.17) is 5.73 Å². The van der Waals surface area contributed by atoms with E-state index in [1.165, 1.54) is 0 Å². The normalized spacial score (nSPS) is 18.1. The molecule has 0 radical (unpaired) electrons. The highest BCUT2D eigenvalue weighted by Crippen LogP contribution is 2.60. The van der Waals surface area contributed by atoms with Gasteiger partial charge in [0.15, 0.2) is 0 Å². The summed E-state index contributed by atoms with van der Waals surface area (Å²) < 4.78 is 174. The lowest BCUT2D eigenvalue weighted by molar-refractivity contribution is -0.435. The summed E-state index contributed by atoms with van der Waals surface area (Å²) in [5.41, 5.74) is 4.38. The van der Waals surface area contributed by atoms with Crippen molar-refractivity contribution < 1.29 is 66.7 Å². The summed E-state index contributed by atoms with van der Waals surface area (Å²) in [5, 5.41) is 0.0706.